The summed E-state index contributed by atoms with van der Waals surface area (Å²) in [5.41, 5.74) is 2.74. The molecule has 80 valence electrons. The van der Waals surface area contributed by atoms with Gasteiger partial charge in [0.05, 0.1) is 13.2 Å². The van der Waals surface area contributed by atoms with Crippen LogP contribution in [0.3, 0.4) is 0 Å². The van der Waals surface area contributed by atoms with Crippen molar-refractivity contribution in [3.63, 3.8) is 0 Å². The molecule has 1 fully saturated rings. The van der Waals surface area contributed by atoms with Crippen LogP contribution in [0.2, 0.25) is 0 Å². The largest absolute Gasteiger partial charge is 0.379 e. The van der Waals surface area contributed by atoms with Crippen molar-refractivity contribution >= 4 is 11.7 Å². The van der Waals surface area contributed by atoms with E-state index in [1.807, 2.05) is 5.01 Å². The molecule has 1 amide bonds. The summed E-state index contributed by atoms with van der Waals surface area (Å²) in [6, 6.07) is 0. The van der Waals surface area contributed by atoms with Crippen molar-refractivity contribution in [3.05, 3.63) is 0 Å². The molecule has 0 spiro atoms. The highest BCUT2D eigenvalue weighted by Gasteiger charge is 2.12. The van der Waals surface area contributed by atoms with E-state index in [0.29, 0.717) is 32.7 Å². The highest BCUT2D eigenvalue weighted by molar-refractivity contribution is 5.83. The molecule has 0 bridgehead atoms. The second-order valence-corrected chi connectivity index (χ2v) is 3.34. The van der Waals surface area contributed by atoms with Gasteiger partial charge >= 0.3 is 0 Å². The summed E-state index contributed by atoms with van der Waals surface area (Å²) >= 11 is 0. The van der Waals surface area contributed by atoms with Crippen LogP contribution in [0, 0.1) is 0 Å². The van der Waals surface area contributed by atoms with Crippen molar-refractivity contribution in [1.29, 1.82) is 0 Å². The van der Waals surface area contributed by atoms with Crippen LogP contribution < -0.4 is 5.43 Å². The Kier molecular flexibility index (Phi) is 4.55. The van der Waals surface area contributed by atoms with Crippen molar-refractivity contribution < 1.29 is 14.3 Å². The molecule has 0 aromatic heterocycles. The third-order valence-corrected chi connectivity index (χ3v) is 2.00. The van der Waals surface area contributed by atoms with E-state index >= 15 is 0 Å². The Morgan fingerprint density at radius 1 is 1.29 bits per heavy atom. The topological polar surface area (TPSA) is 58.6 Å². The van der Waals surface area contributed by atoms with E-state index in [-0.39, 0.29) is 18.1 Å². The third-order valence-electron chi connectivity index (χ3n) is 2.00. The van der Waals surface area contributed by atoms with Crippen LogP contribution in [0.15, 0.2) is 0 Å². The first-order chi connectivity index (χ1) is 6.68. The van der Waals surface area contributed by atoms with Crippen molar-refractivity contribution in [2.75, 3.05) is 26.3 Å². The van der Waals surface area contributed by atoms with E-state index in [1.165, 1.54) is 6.92 Å². The van der Waals surface area contributed by atoms with Gasteiger partial charge in [-0.2, -0.15) is 0 Å². The number of Topliss-reactive ketones (excluding diaryl/α,β-unsaturated/α-hetero) is 1. The predicted octanol–water partition coefficient (Wildman–Crippen LogP) is -0.281. The minimum atomic E-state index is -0.0953. The fourth-order valence-corrected chi connectivity index (χ4v) is 1.20. The number of ketones is 1. The molecule has 0 radical (unpaired) electrons. The zero-order chi connectivity index (χ0) is 10.4. The van der Waals surface area contributed by atoms with Crippen LogP contribution in [0.25, 0.3) is 0 Å². The Labute approximate surface area is 83.4 Å². The maximum absolute atomic E-state index is 11.3. The number of amides is 1. The Hall–Kier alpha value is -0.940. The van der Waals surface area contributed by atoms with Crippen LogP contribution >= 0.6 is 0 Å². The average Bonchev–Trinajstić information content (AvgIpc) is 2.16. The molecule has 1 heterocycles. The number of hydrazine groups is 1. The number of nitrogens with one attached hydrogen (secondary N) is 1. The minimum Gasteiger partial charge on any atom is -0.379 e. The molecule has 5 heteroatoms. The van der Waals surface area contributed by atoms with Crippen molar-refractivity contribution in [2.24, 2.45) is 0 Å². The van der Waals surface area contributed by atoms with Gasteiger partial charge in [-0.1, -0.05) is 0 Å². The van der Waals surface area contributed by atoms with E-state index in [2.05, 4.69) is 5.43 Å². The van der Waals surface area contributed by atoms with Crippen LogP contribution in [0.5, 0.6) is 0 Å². The third kappa shape index (κ3) is 4.34. The van der Waals surface area contributed by atoms with Gasteiger partial charge in [-0.3, -0.25) is 10.2 Å². The molecule has 1 aliphatic rings. The summed E-state index contributed by atoms with van der Waals surface area (Å²) in [7, 11) is 0. The van der Waals surface area contributed by atoms with Gasteiger partial charge in [0.1, 0.15) is 5.78 Å². The van der Waals surface area contributed by atoms with Gasteiger partial charge in [0, 0.05) is 25.9 Å². The zero-order valence-electron chi connectivity index (χ0n) is 8.41. The molecule has 0 aliphatic carbocycles. The Balaban J connectivity index is 2.15. The van der Waals surface area contributed by atoms with Gasteiger partial charge in [0.2, 0.25) is 5.91 Å². The zero-order valence-corrected chi connectivity index (χ0v) is 8.41. The van der Waals surface area contributed by atoms with E-state index in [0.717, 1.165) is 0 Å². The maximum Gasteiger partial charge on any atom is 0.234 e. The SMILES string of the molecule is CC(=O)CCC(=O)NN1CCOCC1. The molecule has 0 unspecified atom stereocenters. The summed E-state index contributed by atoms with van der Waals surface area (Å²) in [6.07, 6.45) is 0.586. The lowest BCUT2D eigenvalue weighted by Gasteiger charge is -2.26. The normalized spacial score (nSPS) is 17.8. The number of carbonyl (C=O) groups excluding carboxylic acids is 2. The molecule has 5 nitrogen and oxygen atoms in total. The van der Waals surface area contributed by atoms with Gasteiger partial charge < -0.3 is 9.53 Å². The van der Waals surface area contributed by atoms with E-state index in [9.17, 15) is 9.59 Å². The molecule has 1 saturated heterocycles. The van der Waals surface area contributed by atoms with Crippen molar-refractivity contribution in [3.8, 4) is 0 Å². The molecule has 1 aliphatic heterocycles. The first kappa shape index (κ1) is 11.1. The molecule has 0 aromatic rings. The van der Waals surface area contributed by atoms with Crippen LogP contribution in [0.4, 0.5) is 0 Å². The Morgan fingerprint density at radius 2 is 1.93 bits per heavy atom. The van der Waals surface area contributed by atoms with Crippen LogP contribution in [-0.2, 0) is 14.3 Å². The number of rotatable bonds is 4. The van der Waals surface area contributed by atoms with Crippen LogP contribution in [-0.4, -0.2) is 43.0 Å². The summed E-state index contributed by atoms with van der Waals surface area (Å²) in [5.74, 6) is -0.0516. The second-order valence-electron chi connectivity index (χ2n) is 3.34. The fourth-order valence-electron chi connectivity index (χ4n) is 1.20. The average molecular weight is 200 g/mol. The summed E-state index contributed by atoms with van der Waals surface area (Å²) in [4.78, 5) is 21.9. The fraction of sp³-hybridized carbons (Fsp3) is 0.778. The standard InChI is InChI=1S/C9H16N2O3/c1-8(12)2-3-9(13)10-11-4-6-14-7-5-11/h2-7H2,1H3,(H,10,13). The van der Waals surface area contributed by atoms with Gasteiger partial charge in [0.25, 0.3) is 0 Å². The maximum atomic E-state index is 11.3. The van der Waals surface area contributed by atoms with Gasteiger partial charge in [-0.25, -0.2) is 5.01 Å². The second kappa shape index (κ2) is 5.72. The number of morpholine rings is 1. The smallest absolute Gasteiger partial charge is 0.234 e. The molecular formula is C9H16N2O3. The van der Waals surface area contributed by atoms with Gasteiger partial charge in [0.15, 0.2) is 0 Å². The lowest BCUT2D eigenvalue weighted by atomic mass is 10.2. The lowest BCUT2D eigenvalue weighted by Crippen LogP contribution is -2.48. The lowest BCUT2D eigenvalue weighted by molar-refractivity contribution is -0.130. The summed E-state index contributed by atoms with van der Waals surface area (Å²) < 4.78 is 5.13. The Morgan fingerprint density at radius 3 is 2.50 bits per heavy atom. The summed E-state index contributed by atoms with van der Waals surface area (Å²) in [6.45, 7) is 4.21. The number of carbonyl (C=O) groups is 2. The quantitative estimate of drug-likeness (QED) is 0.678. The molecule has 0 aromatic carbocycles. The first-order valence-electron chi connectivity index (χ1n) is 4.80. The predicted molar refractivity (Wildman–Crippen MR) is 50.4 cm³/mol. The molecule has 1 rings (SSSR count). The van der Waals surface area contributed by atoms with Crippen molar-refractivity contribution in [2.45, 2.75) is 19.8 Å². The van der Waals surface area contributed by atoms with Crippen LogP contribution in [0.1, 0.15) is 19.8 Å². The number of hydrogen-bond donors (Lipinski definition) is 1. The highest BCUT2D eigenvalue weighted by Crippen LogP contribution is 1.95. The van der Waals surface area contributed by atoms with Gasteiger partial charge in [-0.15, -0.1) is 0 Å². The number of hydrogen-bond acceptors (Lipinski definition) is 4. The minimum absolute atomic E-state index is 0.0436. The van der Waals surface area contributed by atoms with E-state index < -0.39 is 0 Å². The molecule has 0 atom stereocenters. The molecule has 1 N–H and O–H groups in total. The van der Waals surface area contributed by atoms with E-state index in [4.69, 9.17) is 4.74 Å². The molecule has 0 saturated carbocycles. The molecular weight excluding hydrogens is 184 g/mol. The number of ether oxygens (including phenoxy) is 1. The number of nitrogens with zero attached hydrogens (tertiary/aromatic N) is 1. The monoisotopic (exact) mass is 200 g/mol. The molecule has 14 heavy (non-hydrogen) atoms. The van der Waals surface area contributed by atoms with Crippen molar-refractivity contribution in [1.82, 2.24) is 10.4 Å². The van der Waals surface area contributed by atoms with Gasteiger partial charge in [-0.05, 0) is 6.92 Å². The Bertz CT molecular complexity index is 212. The van der Waals surface area contributed by atoms with E-state index in [1.54, 1.807) is 0 Å². The highest BCUT2D eigenvalue weighted by atomic mass is 16.5. The first-order valence-corrected chi connectivity index (χ1v) is 4.80. The summed E-state index contributed by atoms with van der Waals surface area (Å²) in [5, 5.41) is 1.83.